The fraction of sp³-hybridized carbons (Fsp3) is 0.133. The summed E-state index contributed by atoms with van der Waals surface area (Å²) in [6.45, 7) is 0.694. The second-order valence-electron chi connectivity index (χ2n) is 4.59. The van der Waals surface area contributed by atoms with Crippen molar-refractivity contribution >= 4 is 11.3 Å². The summed E-state index contributed by atoms with van der Waals surface area (Å²) in [5.74, 6) is 0. The van der Waals surface area contributed by atoms with E-state index in [0.29, 0.717) is 12.1 Å². The minimum atomic E-state index is 0.667. The van der Waals surface area contributed by atoms with Crippen LogP contribution in [0.15, 0.2) is 49.1 Å². The number of hydrogen-bond donors (Lipinski definition) is 0. The summed E-state index contributed by atoms with van der Waals surface area (Å²) in [5.41, 5.74) is 3.52. The van der Waals surface area contributed by atoms with Gasteiger partial charge in [0.05, 0.1) is 30.1 Å². The van der Waals surface area contributed by atoms with Crippen LogP contribution in [0.1, 0.15) is 11.3 Å². The van der Waals surface area contributed by atoms with Crippen LogP contribution in [-0.4, -0.2) is 21.4 Å². The van der Waals surface area contributed by atoms with Crippen LogP contribution in [0.25, 0.3) is 5.65 Å². The highest BCUT2D eigenvalue weighted by atomic mass is 15.1. The molecule has 0 N–H and O–H groups in total. The summed E-state index contributed by atoms with van der Waals surface area (Å²) in [6, 6.07) is 9.63. The van der Waals surface area contributed by atoms with Gasteiger partial charge in [-0.25, -0.2) is 4.98 Å². The average molecular weight is 263 g/mol. The third-order valence-electron chi connectivity index (χ3n) is 3.17. The highest BCUT2D eigenvalue weighted by Crippen LogP contribution is 2.15. The van der Waals surface area contributed by atoms with E-state index in [9.17, 15) is 0 Å². The molecule has 0 saturated carbocycles. The average Bonchev–Trinajstić information content (AvgIpc) is 2.95. The first-order valence-electron chi connectivity index (χ1n) is 6.25. The molecule has 5 heteroatoms. The van der Waals surface area contributed by atoms with Crippen molar-refractivity contribution in [2.24, 2.45) is 0 Å². The van der Waals surface area contributed by atoms with E-state index in [2.05, 4.69) is 20.9 Å². The van der Waals surface area contributed by atoms with Crippen molar-refractivity contribution in [1.82, 2.24) is 14.4 Å². The first-order valence-corrected chi connectivity index (χ1v) is 6.25. The number of nitrogens with zero attached hydrogens (tertiary/aromatic N) is 5. The van der Waals surface area contributed by atoms with Gasteiger partial charge in [0.2, 0.25) is 0 Å². The smallest absolute Gasteiger partial charge is 0.155 e. The van der Waals surface area contributed by atoms with E-state index in [1.807, 2.05) is 48.1 Å². The van der Waals surface area contributed by atoms with Gasteiger partial charge < -0.3 is 9.30 Å². The number of rotatable bonds is 3. The van der Waals surface area contributed by atoms with Gasteiger partial charge in [0.1, 0.15) is 0 Å². The number of fused-ring (bicyclic) bond motifs is 1. The van der Waals surface area contributed by atoms with Crippen molar-refractivity contribution in [3.05, 3.63) is 60.3 Å². The molecule has 0 fully saturated rings. The first kappa shape index (κ1) is 12.2. The Hall–Kier alpha value is -2.87. The number of benzene rings is 1. The molecule has 0 aliphatic rings. The summed E-state index contributed by atoms with van der Waals surface area (Å²) in [4.78, 5) is 10.7. The van der Waals surface area contributed by atoms with Gasteiger partial charge in [-0.05, 0) is 24.3 Å². The van der Waals surface area contributed by atoms with E-state index in [0.717, 1.165) is 17.0 Å². The van der Waals surface area contributed by atoms with Crippen molar-refractivity contribution in [3.8, 4) is 6.07 Å². The quantitative estimate of drug-likeness (QED) is 0.727. The summed E-state index contributed by atoms with van der Waals surface area (Å²) < 4.78 is 1.95. The first-order chi connectivity index (χ1) is 9.76. The lowest BCUT2D eigenvalue weighted by atomic mass is 10.2. The van der Waals surface area contributed by atoms with E-state index in [-0.39, 0.29) is 0 Å². The maximum Gasteiger partial charge on any atom is 0.155 e. The predicted molar refractivity (Wildman–Crippen MR) is 76.3 cm³/mol. The van der Waals surface area contributed by atoms with Gasteiger partial charge in [0.25, 0.3) is 0 Å². The molecule has 0 amide bonds. The molecule has 0 saturated heterocycles. The van der Waals surface area contributed by atoms with Crippen LogP contribution in [0.4, 0.5) is 5.69 Å². The van der Waals surface area contributed by atoms with Gasteiger partial charge in [0, 0.05) is 31.3 Å². The number of nitriles is 1. The van der Waals surface area contributed by atoms with Crippen LogP contribution in [-0.2, 0) is 6.54 Å². The van der Waals surface area contributed by atoms with Crippen molar-refractivity contribution in [3.63, 3.8) is 0 Å². The monoisotopic (exact) mass is 263 g/mol. The van der Waals surface area contributed by atoms with Gasteiger partial charge >= 0.3 is 0 Å². The largest absolute Gasteiger partial charge is 0.369 e. The van der Waals surface area contributed by atoms with E-state index < -0.39 is 0 Å². The number of aromatic nitrogens is 3. The number of hydrogen-bond acceptors (Lipinski definition) is 4. The van der Waals surface area contributed by atoms with Crippen molar-refractivity contribution in [2.75, 3.05) is 11.9 Å². The van der Waals surface area contributed by atoms with Gasteiger partial charge in [-0.1, -0.05) is 0 Å². The molecule has 0 spiro atoms. The molecule has 0 unspecified atom stereocenters. The molecule has 0 aliphatic carbocycles. The molecule has 0 radical (unpaired) electrons. The van der Waals surface area contributed by atoms with Crippen LogP contribution < -0.4 is 4.90 Å². The fourth-order valence-electron chi connectivity index (χ4n) is 2.07. The second kappa shape index (κ2) is 5.02. The molecule has 0 bridgehead atoms. The Morgan fingerprint density at radius 2 is 2.05 bits per heavy atom. The Kier molecular flexibility index (Phi) is 3.05. The second-order valence-corrected chi connectivity index (χ2v) is 4.59. The van der Waals surface area contributed by atoms with Crippen molar-refractivity contribution in [1.29, 1.82) is 5.26 Å². The number of anilines is 1. The number of imidazole rings is 1. The van der Waals surface area contributed by atoms with Crippen molar-refractivity contribution < 1.29 is 0 Å². The van der Waals surface area contributed by atoms with Gasteiger partial charge in [-0.2, -0.15) is 5.26 Å². The lowest BCUT2D eigenvalue weighted by Gasteiger charge is -2.18. The molecule has 3 aromatic rings. The molecule has 20 heavy (non-hydrogen) atoms. The highest BCUT2D eigenvalue weighted by molar-refractivity contribution is 5.49. The van der Waals surface area contributed by atoms with Gasteiger partial charge in [0.15, 0.2) is 5.65 Å². The van der Waals surface area contributed by atoms with E-state index in [1.54, 1.807) is 12.4 Å². The van der Waals surface area contributed by atoms with Gasteiger partial charge in [-0.15, -0.1) is 0 Å². The summed E-state index contributed by atoms with van der Waals surface area (Å²) in [5, 5.41) is 8.80. The van der Waals surface area contributed by atoms with Gasteiger partial charge in [-0.3, -0.25) is 4.98 Å². The predicted octanol–water partition coefficient (Wildman–Crippen LogP) is 2.24. The van der Waals surface area contributed by atoms with E-state index in [1.165, 1.54) is 0 Å². The molecular formula is C15H13N5. The molecule has 2 heterocycles. The molecule has 5 nitrogen and oxygen atoms in total. The minimum absolute atomic E-state index is 0.667. The Morgan fingerprint density at radius 1 is 1.25 bits per heavy atom. The zero-order valence-corrected chi connectivity index (χ0v) is 11.1. The van der Waals surface area contributed by atoms with Crippen LogP contribution in [0, 0.1) is 11.3 Å². The molecule has 3 rings (SSSR count). The lowest BCUT2D eigenvalue weighted by molar-refractivity contribution is 0.868. The third-order valence-corrected chi connectivity index (χ3v) is 3.17. The van der Waals surface area contributed by atoms with E-state index in [4.69, 9.17) is 5.26 Å². The zero-order chi connectivity index (χ0) is 13.9. The summed E-state index contributed by atoms with van der Waals surface area (Å²) in [7, 11) is 2.00. The Bertz CT molecular complexity index is 767. The molecule has 2 aromatic heterocycles. The third kappa shape index (κ3) is 2.31. The van der Waals surface area contributed by atoms with Crippen molar-refractivity contribution in [2.45, 2.75) is 6.54 Å². The van der Waals surface area contributed by atoms with Crippen LogP contribution >= 0.6 is 0 Å². The Balaban J connectivity index is 1.80. The van der Waals surface area contributed by atoms with E-state index >= 15 is 0 Å². The molecule has 0 aliphatic heterocycles. The maximum atomic E-state index is 8.80. The summed E-state index contributed by atoms with van der Waals surface area (Å²) >= 11 is 0. The molecule has 0 atom stereocenters. The normalized spacial score (nSPS) is 10.4. The standard InChI is InChI=1S/C15H13N5/c1-19(14-4-2-12(8-16)3-5-14)10-13-11-20-7-6-17-15(20)9-18-13/h2-7,9,11H,10H2,1H3. The van der Waals surface area contributed by atoms with Crippen LogP contribution in [0.3, 0.4) is 0 Å². The maximum absolute atomic E-state index is 8.80. The molecule has 1 aromatic carbocycles. The molecule has 98 valence electrons. The summed E-state index contributed by atoms with van der Waals surface area (Å²) in [6.07, 6.45) is 7.40. The SMILES string of the molecule is CN(Cc1cn2ccnc2cn1)c1ccc(C#N)cc1. The Morgan fingerprint density at radius 3 is 2.80 bits per heavy atom. The lowest BCUT2D eigenvalue weighted by Crippen LogP contribution is -2.17. The highest BCUT2D eigenvalue weighted by Gasteiger charge is 2.04. The topological polar surface area (TPSA) is 57.2 Å². The van der Waals surface area contributed by atoms with Crippen LogP contribution in [0.5, 0.6) is 0 Å². The minimum Gasteiger partial charge on any atom is -0.369 e. The zero-order valence-electron chi connectivity index (χ0n) is 11.1. The molecular weight excluding hydrogens is 250 g/mol. The Labute approximate surface area is 116 Å². The fourth-order valence-corrected chi connectivity index (χ4v) is 2.07. The van der Waals surface area contributed by atoms with Crippen LogP contribution in [0.2, 0.25) is 0 Å².